The molecular formula is C19H31N3O4S. The summed E-state index contributed by atoms with van der Waals surface area (Å²) < 4.78 is 31.5. The molecule has 1 atom stereocenters. The Balaban J connectivity index is 1.79. The van der Waals surface area contributed by atoms with Crippen LogP contribution in [-0.2, 0) is 26.1 Å². The molecule has 1 heterocycles. The van der Waals surface area contributed by atoms with Gasteiger partial charge in [0.25, 0.3) is 0 Å². The fraction of sp³-hybridized carbons (Fsp3) is 0.632. The van der Waals surface area contributed by atoms with Crippen LogP contribution in [0, 0.1) is 11.8 Å². The number of benzene rings is 1. The van der Waals surface area contributed by atoms with Crippen LogP contribution in [-0.4, -0.2) is 47.7 Å². The van der Waals surface area contributed by atoms with Crippen molar-refractivity contribution in [3.05, 3.63) is 29.8 Å². The Morgan fingerprint density at radius 2 is 1.93 bits per heavy atom. The molecule has 7 nitrogen and oxygen atoms in total. The lowest BCUT2D eigenvalue weighted by atomic mass is 9.84. The molecule has 3 N–H and O–H groups in total. The lowest BCUT2D eigenvalue weighted by Crippen LogP contribution is -2.33. The second-order valence-corrected chi connectivity index (χ2v) is 8.85. The first kappa shape index (κ1) is 21.8. The van der Waals surface area contributed by atoms with Crippen molar-refractivity contribution in [1.29, 1.82) is 0 Å². The van der Waals surface area contributed by atoms with Crippen LogP contribution in [0.3, 0.4) is 0 Å². The highest BCUT2D eigenvalue weighted by Crippen LogP contribution is 2.24. The van der Waals surface area contributed by atoms with E-state index < -0.39 is 10.0 Å². The van der Waals surface area contributed by atoms with Gasteiger partial charge in [0.2, 0.25) is 15.9 Å². The number of hydrogen-bond acceptors (Lipinski definition) is 5. The van der Waals surface area contributed by atoms with E-state index in [1.54, 1.807) is 24.3 Å². The highest BCUT2D eigenvalue weighted by molar-refractivity contribution is 7.89. The molecule has 27 heavy (non-hydrogen) atoms. The Bertz CT molecular complexity index is 685. The second-order valence-electron chi connectivity index (χ2n) is 7.08. The predicted octanol–water partition coefficient (Wildman–Crippen LogP) is 1.25. The smallest absolute Gasteiger partial charge is 0.240 e. The first-order valence-corrected chi connectivity index (χ1v) is 11.0. The molecule has 1 aliphatic rings. The van der Waals surface area contributed by atoms with Crippen molar-refractivity contribution in [2.45, 2.75) is 37.6 Å². The van der Waals surface area contributed by atoms with Crippen LogP contribution in [0.5, 0.6) is 0 Å². The molecule has 1 saturated heterocycles. The summed E-state index contributed by atoms with van der Waals surface area (Å²) in [5, 5.41) is 6.28. The third-order valence-electron chi connectivity index (χ3n) is 5.02. The summed E-state index contributed by atoms with van der Waals surface area (Å²) >= 11 is 0. The van der Waals surface area contributed by atoms with Crippen molar-refractivity contribution in [3.8, 4) is 0 Å². The summed E-state index contributed by atoms with van der Waals surface area (Å²) in [5.74, 6) is 1.02. The third kappa shape index (κ3) is 7.21. The van der Waals surface area contributed by atoms with Gasteiger partial charge in [-0.15, -0.1) is 0 Å². The highest BCUT2D eigenvalue weighted by atomic mass is 32.2. The van der Waals surface area contributed by atoms with Crippen LogP contribution in [0.1, 0.15) is 31.7 Å². The summed E-state index contributed by atoms with van der Waals surface area (Å²) in [4.78, 5) is 12.4. The van der Waals surface area contributed by atoms with E-state index in [1.807, 2.05) is 0 Å². The van der Waals surface area contributed by atoms with E-state index in [4.69, 9.17) is 4.74 Å². The SMILES string of the molecule is COCCNS(=O)(=O)c1ccc(CNC(=O)CC(C)C2CCNCC2)cc1. The van der Waals surface area contributed by atoms with Crippen LogP contribution in [0.15, 0.2) is 29.2 Å². The van der Waals surface area contributed by atoms with Crippen molar-refractivity contribution < 1.29 is 17.9 Å². The minimum absolute atomic E-state index is 0.0407. The molecule has 1 aromatic carbocycles. The summed E-state index contributed by atoms with van der Waals surface area (Å²) in [7, 11) is -2.01. The van der Waals surface area contributed by atoms with E-state index in [2.05, 4.69) is 22.3 Å². The molecule has 1 unspecified atom stereocenters. The van der Waals surface area contributed by atoms with Gasteiger partial charge in [-0.1, -0.05) is 19.1 Å². The molecule has 152 valence electrons. The highest BCUT2D eigenvalue weighted by Gasteiger charge is 2.21. The number of piperidine rings is 1. The fourth-order valence-electron chi connectivity index (χ4n) is 3.29. The monoisotopic (exact) mass is 397 g/mol. The maximum Gasteiger partial charge on any atom is 0.240 e. The first-order valence-electron chi connectivity index (χ1n) is 9.47. The van der Waals surface area contributed by atoms with Crippen LogP contribution in [0.4, 0.5) is 0 Å². The zero-order valence-electron chi connectivity index (χ0n) is 16.2. The Labute approximate surface area is 162 Å². The van der Waals surface area contributed by atoms with Gasteiger partial charge < -0.3 is 15.4 Å². The maximum absolute atomic E-state index is 12.2. The summed E-state index contributed by atoms with van der Waals surface area (Å²) in [5.41, 5.74) is 0.869. The Morgan fingerprint density at radius 3 is 2.56 bits per heavy atom. The van der Waals surface area contributed by atoms with E-state index >= 15 is 0 Å². The zero-order valence-corrected chi connectivity index (χ0v) is 17.0. The van der Waals surface area contributed by atoms with E-state index in [-0.39, 0.29) is 17.3 Å². The largest absolute Gasteiger partial charge is 0.383 e. The van der Waals surface area contributed by atoms with Gasteiger partial charge >= 0.3 is 0 Å². The van der Waals surface area contributed by atoms with Crippen LogP contribution in [0.25, 0.3) is 0 Å². The van der Waals surface area contributed by atoms with Crippen molar-refractivity contribution >= 4 is 15.9 Å². The quantitative estimate of drug-likeness (QED) is 0.517. The number of ether oxygens (including phenoxy) is 1. The fourth-order valence-corrected chi connectivity index (χ4v) is 4.31. The molecule has 1 fully saturated rings. The van der Waals surface area contributed by atoms with Gasteiger partial charge in [0.1, 0.15) is 0 Å². The molecule has 0 radical (unpaired) electrons. The standard InChI is InChI=1S/C19H31N3O4S/c1-15(17-7-9-20-10-8-17)13-19(23)21-14-16-3-5-18(6-4-16)27(24,25)22-11-12-26-2/h3-6,15,17,20,22H,7-14H2,1-2H3,(H,21,23). The van der Waals surface area contributed by atoms with Gasteiger partial charge in [-0.25, -0.2) is 13.1 Å². The molecular weight excluding hydrogens is 366 g/mol. The molecule has 0 aromatic heterocycles. The lowest BCUT2D eigenvalue weighted by molar-refractivity contribution is -0.122. The van der Waals surface area contributed by atoms with E-state index in [9.17, 15) is 13.2 Å². The molecule has 1 aliphatic heterocycles. The van der Waals surface area contributed by atoms with Crippen LogP contribution < -0.4 is 15.4 Å². The minimum atomic E-state index is -3.53. The van der Waals surface area contributed by atoms with Gasteiger partial charge in [-0.05, 0) is 55.5 Å². The average Bonchev–Trinajstić information content (AvgIpc) is 2.67. The van der Waals surface area contributed by atoms with Crippen molar-refractivity contribution in [3.63, 3.8) is 0 Å². The Morgan fingerprint density at radius 1 is 1.26 bits per heavy atom. The van der Waals surface area contributed by atoms with Crippen LogP contribution in [0.2, 0.25) is 0 Å². The molecule has 1 aromatic rings. The van der Waals surface area contributed by atoms with Gasteiger partial charge in [0.05, 0.1) is 11.5 Å². The van der Waals surface area contributed by atoms with E-state index in [0.717, 1.165) is 31.5 Å². The van der Waals surface area contributed by atoms with Crippen molar-refractivity contribution in [1.82, 2.24) is 15.4 Å². The Kier molecular flexibility index (Phi) is 8.69. The maximum atomic E-state index is 12.2. The number of hydrogen-bond donors (Lipinski definition) is 3. The van der Waals surface area contributed by atoms with Crippen molar-refractivity contribution in [2.24, 2.45) is 11.8 Å². The number of methoxy groups -OCH3 is 1. The van der Waals surface area contributed by atoms with Crippen molar-refractivity contribution in [2.75, 3.05) is 33.4 Å². The third-order valence-corrected chi connectivity index (χ3v) is 6.49. The minimum Gasteiger partial charge on any atom is -0.383 e. The molecule has 0 aliphatic carbocycles. The van der Waals surface area contributed by atoms with Crippen LogP contribution >= 0.6 is 0 Å². The van der Waals surface area contributed by atoms with E-state index in [0.29, 0.717) is 31.4 Å². The molecule has 0 spiro atoms. The molecule has 1 amide bonds. The second kappa shape index (κ2) is 10.8. The molecule has 0 saturated carbocycles. The Hall–Kier alpha value is -1.48. The van der Waals surface area contributed by atoms with Gasteiger partial charge in [0, 0.05) is 26.6 Å². The lowest BCUT2D eigenvalue weighted by Gasteiger charge is -2.27. The number of rotatable bonds is 10. The normalized spacial score (nSPS) is 16.8. The number of amides is 1. The van der Waals surface area contributed by atoms with Gasteiger partial charge in [-0.2, -0.15) is 0 Å². The first-order chi connectivity index (χ1) is 12.9. The average molecular weight is 398 g/mol. The predicted molar refractivity (Wildman–Crippen MR) is 105 cm³/mol. The number of carbonyl (C=O) groups is 1. The summed E-state index contributed by atoms with van der Waals surface area (Å²) in [6, 6.07) is 6.55. The van der Waals surface area contributed by atoms with E-state index in [1.165, 1.54) is 7.11 Å². The number of carbonyl (C=O) groups excluding carboxylic acids is 1. The van der Waals surface area contributed by atoms with Gasteiger partial charge in [0.15, 0.2) is 0 Å². The zero-order chi connectivity index (χ0) is 19.7. The summed E-state index contributed by atoms with van der Waals surface area (Å²) in [6.45, 7) is 5.16. The van der Waals surface area contributed by atoms with Gasteiger partial charge in [-0.3, -0.25) is 4.79 Å². The summed E-state index contributed by atoms with van der Waals surface area (Å²) in [6.07, 6.45) is 2.78. The number of sulfonamides is 1. The molecule has 2 rings (SSSR count). The molecule has 8 heteroatoms. The number of nitrogens with one attached hydrogen (secondary N) is 3. The topological polar surface area (TPSA) is 96.5 Å². The molecule has 0 bridgehead atoms.